The maximum absolute atomic E-state index is 13.7. The van der Waals surface area contributed by atoms with E-state index in [0.29, 0.717) is 18.0 Å². The van der Waals surface area contributed by atoms with E-state index in [1.165, 1.54) is 6.07 Å². The number of anilines is 1. The van der Waals surface area contributed by atoms with Crippen LogP contribution in [0.5, 0.6) is 5.75 Å². The van der Waals surface area contributed by atoms with Gasteiger partial charge in [-0.05, 0) is 36.7 Å². The minimum absolute atomic E-state index is 0.176. The van der Waals surface area contributed by atoms with Crippen LogP contribution in [0.2, 0.25) is 0 Å². The molecule has 0 radical (unpaired) electrons. The monoisotopic (exact) mass is 327 g/mol. The van der Waals surface area contributed by atoms with Gasteiger partial charge >= 0.3 is 0 Å². The van der Waals surface area contributed by atoms with Gasteiger partial charge in [-0.3, -0.25) is 0 Å². The van der Waals surface area contributed by atoms with Gasteiger partial charge in [0.2, 0.25) is 0 Å². The van der Waals surface area contributed by atoms with Crippen LogP contribution in [0.3, 0.4) is 0 Å². The Morgan fingerprint density at radius 2 is 2.11 bits per heavy atom. The summed E-state index contributed by atoms with van der Waals surface area (Å²) in [6.45, 7) is 5.99. The summed E-state index contributed by atoms with van der Waals surface area (Å²) in [7, 11) is 0. The van der Waals surface area contributed by atoms with E-state index in [1.54, 1.807) is 17.7 Å². The van der Waals surface area contributed by atoms with E-state index in [-0.39, 0.29) is 5.75 Å². The molecule has 0 unspecified atom stereocenters. The third-order valence-electron chi connectivity index (χ3n) is 2.81. The first-order chi connectivity index (χ1) is 8.95. The zero-order chi connectivity index (χ0) is 14.2. The number of aryl methyl sites for hydroxylation is 1. The van der Waals surface area contributed by atoms with E-state index in [0.717, 1.165) is 15.9 Å². The molecule has 2 N–H and O–H groups in total. The van der Waals surface area contributed by atoms with Crippen LogP contribution >= 0.6 is 15.9 Å². The summed E-state index contributed by atoms with van der Waals surface area (Å²) in [4.78, 5) is 0. The molecule has 0 saturated carbocycles. The first-order valence-electron chi connectivity index (χ1n) is 5.89. The van der Waals surface area contributed by atoms with Crippen molar-refractivity contribution in [3.05, 3.63) is 33.8 Å². The maximum Gasteiger partial charge on any atom is 0.167 e. The number of nitrogen functional groups attached to an aromatic ring is 1. The average Bonchev–Trinajstić information content (AvgIpc) is 2.61. The highest BCUT2D eigenvalue weighted by molar-refractivity contribution is 9.10. The van der Waals surface area contributed by atoms with Gasteiger partial charge < -0.3 is 10.5 Å². The highest BCUT2D eigenvalue weighted by Crippen LogP contribution is 2.30. The molecule has 1 aromatic heterocycles. The van der Waals surface area contributed by atoms with Crippen molar-refractivity contribution in [2.24, 2.45) is 0 Å². The molecular formula is C13H15BrFN3O. The van der Waals surface area contributed by atoms with Gasteiger partial charge in [-0.1, -0.05) is 0 Å². The van der Waals surface area contributed by atoms with Crippen LogP contribution in [0.15, 0.2) is 16.6 Å². The zero-order valence-electron chi connectivity index (χ0n) is 11.0. The maximum atomic E-state index is 13.7. The second-order valence-corrected chi connectivity index (χ2v) is 4.96. The zero-order valence-corrected chi connectivity index (χ0v) is 12.6. The predicted molar refractivity (Wildman–Crippen MR) is 76.3 cm³/mol. The summed E-state index contributed by atoms with van der Waals surface area (Å²) in [5, 5.41) is 4.38. The molecule has 0 atom stereocenters. The van der Waals surface area contributed by atoms with Gasteiger partial charge in [0.15, 0.2) is 11.6 Å². The van der Waals surface area contributed by atoms with Crippen molar-refractivity contribution in [3.8, 4) is 11.4 Å². The van der Waals surface area contributed by atoms with Crippen LogP contribution in [0.1, 0.15) is 18.3 Å². The fourth-order valence-corrected chi connectivity index (χ4v) is 2.11. The Hall–Kier alpha value is -1.56. The second kappa shape index (κ2) is 5.21. The molecule has 0 aliphatic rings. The van der Waals surface area contributed by atoms with E-state index >= 15 is 0 Å². The average molecular weight is 328 g/mol. The molecule has 0 aliphatic carbocycles. The molecule has 0 saturated heterocycles. The standard InChI is InChI=1S/C13H15BrFN3O/c1-4-19-12-6-11(10(16)5-9(12)15)18-8(3)13(14)7(2)17-18/h5-6H,4,16H2,1-3H3. The molecular weight excluding hydrogens is 313 g/mol. The van der Waals surface area contributed by atoms with E-state index in [9.17, 15) is 4.39 Å². The van der Waals surface area contributed by atoms with Crippen molar-refractivity contribution in [2.75, 3.05) is 12.3 Å². The van der Waals surface area contributed by atoms with Crippen LogP contribution in [0.25, 0.3) is 5.69 Å². The Morgan fingerprint density at radius 1 is 1.42 bits per heavy atom. The van der Waals surface area contributed by atoms with Crippen molar-refractivity contribution < 1.29 is 9.13 Å². The number of hydrogen-bond donors (Lipinski definition) is 1. The van der Waals surface area contributed by atoms with Crippen molar-refractivity contribution in [1.29, 1.82) is 0 Å². The lowest BCUT2D eigenvalue weighted by molar-refractivity contribution is 0.321. The Labute approximate surface area is 119 Å². The summed E-state index contributed by atoms with van der Waals surface area (Å²) in [5.41, 5.74) is 8.55. The highest BCUT2D eigenvalue weighted by Gasteiger charge is 2.15. The minimum atomic E-state index is -0.469. The van der Waals surface area contributed by atoms with Crippen LogP contribution in [-0.2, 0) is 0 Å². The summed E-state index contributed by atoms with van der Waals surface area (Å²) in [6, 6.07) is 2.82. The topological polar surface area (TPSA) is 53.1 Å². The molecule has 6 heteroatoms. The Balaban J connectivity index is 2.61. The summed E-state index contributed by atoms with van der Waals surface area (Å²) >= 11 is 3.46. The Bertz CT molecular complexity index is 625. The molecule has 1 aromatic carbocycles. The van der Waals surface area contributed by atoms with Crippen LogP contribution in [0.4, 0.5) is 10.1 Å². The largest absolute Gasteiger partial charge is 0.491 e. The van der Waals surface area contributed by atoms with E-state index in [1.807, 2.05) is 13.8 Å². The normalized spacial score (nSPS) is 10.8. The third kappa shape index (κ3) is 2.45. The number of ether oxygens (including phenoxy) is 1. The lowest BCUT2D eigenvalue weighted by atomic mass is 10.2. The first kappa shape index (κ1) is 13.9. The molecule has 2 rings (SSSR count). The van der Waals surface area contributed by atoms with Gasteiger partial charge in [-0.15, -0.1) is 0 Å². The number of nitrogens with zero attached hydrogens (tertiary/aromatic N) is 2. The van der Waals surface area contributed by atoms with Crippen molar-refractivity contribution in [3.63, 3.8) is 0 Å². The molecule has 4 nitrogen and oxygen atoms in total. The quantitative estimate of drug-likeness (QED) is 0.879. The van der Waals surface area contributed by atoms with Crippen LogP contribution in [0, 0.1) is 19.7 Å². The SMILES string of the molecule is CCOc1cc(-n2nc(C)c(Br)c2C)c(N)cc1F. The minimum Gasteiger partial charge on any atom is -0.491 e. The van der Waals surface area contributed by atoms with Gasteiger partial charge in [0, 0.05) is 12.1 Å². The van der Waals surface area contributed by atoms with Gasteiger partial charge in [0.25, 0.3) is 0 Å². The smallest absolute Gasteiger partial charge is 0.167 e. The number of hydrogen-bond acceptors (Lipinski definition) is 3. The van der Waals surface area contributed by atoms with Crippen molar-refractivity contribution in [2.45, 2.75) is 20.8 Å². The number of nitrogens with two attached hydrogens (primary N) is 1. The first-order valence-corrected chi connectivity index (χ1v) is 6.69. The molecule has 19 heavy (non-hydrogen) atoms. The highest BCUT2D eigenvalue weighted by atomic mass is 79.9. The predicted octanol–water partition coefficient (Wildman–Crippen LogP) is 3.37. The number of halogens is 2. The lowest BCUT2D eigenvalue weighted by Crippen LogP contribution is -2.06. The van der Waals surface area contributed by atoms with Crippen molar-refractivity contribution >= 4 is 21.6 Å². The van der Waals surface area contributed by atoms with E-state index in [4.69, 9.17) is 10.5 Å². The summed E-state index contributed by atoms with van der Waals surface area (Å²) < 4.78 is 21.5. The van der Waals surface area contributed by atoms with E-state index < -0.39 is 5.82 Å². The van der Waals surface area contributed by atoms with Gasteiger partial charge in [-0.2, -0.15) is 5.10 Å². The summed E-state index contributed by atoms with van der Waals surface area (Å²) in [6.07, 6.45) is 0. The molecule has 0 aliphatic heterocycles. The molecule has 102 valence electrons. The van der Waals surface area contributed by atoms with Crippen LogP contribution in [-0.4, -0.2) is 16.4 Å². The molecule has 2 aromatic rings. The Morgan fingerprint density at radius 3 is 2.63 bits per heavy atom. The van der Waals surface area contributed by atoms with Crippen LogP contribution < -0.4 is 10.5 Å². The van der Waals surface area contributed by atoms with Crippen molar-refractivity contribution in [1.82, 2.24) is 9.78 Å². The fourth-order valence-electron chi connectivity index (χ4n) is 1.87. The molecule has 0 amide bonds. The molecule has 0 fully saturated rings. The number of rotatable bonds is 3. The lowest BCUT2D eigenvalue weighted by Gasteiger charge is -2.12. The van der Waals surface area contributed by atoms with Gasteiger partial charge in [0.1, 0.15) is 0 Å². The Kier molecular flexibility index (Phi) is 3.80. The van der Waals surface area contributed by atoms with Gasteiger partial charge in [0.05, 0.1) is 33.8 Å². The molecule has 0 spiro atoms. The summed E-state index contributed by atoms with van der Waals surface area (Å²) in [5.74, 6) is -0.293. The van der Waals surface area contributed by atoms with E-state index in [2.05, 4.69) is 21.0 Å². The second-order valence-electron chi connectivity index (χ2n) is 4.17. The molecule has 1 heterocycles. The van der Waals surface area contributed by atoms with Gasteiger partial charge in [-0.25, -0.2) is 9.07 Å². The fraction of sp³-hybridized carbons (Fsp3) is 0.308. The molecule has 0 bridgehead atoms. The third-order valence-corrected chi connectivity index (χ3v) is 3.96. The number of benzene rings is 1. The number of aromatic nitrogens is 2.